The van der Waals surface area contributed by atoms with Gasteiger partial charge in [-0.15, -0.1) is 11.3 Å². The molecule has 1 aliphatic heterocycles. The fourth-order valence-electron chi connectivity index (χ4n) is 4.34. The summed E-state index contributed by atoms with van der Waals surface area (Å²) in [5, 5.41) is 5.73. The quantitative estimate of drug-likeness (QED) is 0.732. The Kier molecular flexibility index (Phi) is 8.03. The molecule has 2 heterocycles. The standard InChI is InChI=1S/C21H35N5O2S/c1-16(2)23-19(27)15-24-10-12-25(13-11-24)17(3)20(28)26(21-22-9-14-29-21)18-7-5-4-6-8-18/h9,14,16-18H,4-8,10-13,15H2,1-3H3,(H,23,27). The van der Waals surface area contributed by atoms with Gasteiger partial charge in [0.25, 0.3) is 0 Å². The third-order valence-corrected chi connectivity index (χ3v) is 6.70. The molecule has 7 nitrogen and oxygen atoms in total. The highest BCUT2D eigenvalue weighted by Crippen LogP contribution is 2.30. The molecule has 1 aromatic heterocycles. The highest BCUT2D eigenvalue weighted by atomic mass is 32.1. The number of piperazine rings is 1. The summed E-state index contributed by atoms with van der Waals surface area (Å²) < 4.78 is 0. The van der Waals surface area contributed by atoms with Crippen LogP contribution in [0, 0.1) is 0 Å². The lowest BCUT2D eigenvalue weighted by Gasteiger charge is -2.40. The van der Waals surface area contributed by atoms with Crippen molar-refractivity contribution in [2.75, 3.05) is 37.6 Å². The van der Waals surface area contributed by atoms with Gasteiger partial charge in [-0.3, -0.25) is 24.3 Å². The summed E-state index contributed by atoms with van der Waals surface area (Å²) in [6.07, 6.45) is 7.55. The van der Waals surface area contributed by atoms with Gasteiger partial charge in [0.15, 0.2) is 5.13 Å². The van der Waals surface area contributed by atoms with Crippen molar-refractivity contribution in [2.45, 2.75) is 71.0 Å². The highest BCUT2D eigenvalue weighted by molar-refractivity contribution is 7.13. The van der Waals surface area contributed by atoms with E-state index in [4.69, 9.17) is 0 Å². The van der Waals surface area contributed by atoms with E-state index in [0.29, 0.717) is 6.54 Å². The number of nitrogens with zero attached hydrogens (tertiary/aromatic N) is 4. The Labute approximate surface area is 178 Å². The molecule has 2 amide bonds. The summed E-state index contributed by atoms with van der Waals surface area (Å²) in [7, 11) is 0. The Morgan fingerprint density at radius 3 is 2.45 bits per heavy atom. The van der Waals surface area contributed by atoms with Crippen molar-refractivity contribution in [2.24, 2.45) is 0 Å². The Bertz CT molecular complexity index is 652. The number of anilines is 1. The minimum atomic E-state index is -0.174. The SMILES string of the molecule is CC(C)NC(=O)CN1CCN(C(C)C(=O)N(c2nccs2)C2CCCCC2)CC1. The predicted molar refractivity (Wildman–Crippen MR) is 117 cm³/mol. The molecule has 1 aliphatic carbocycles. The molecule has 2 fully saturated rings. The Morgan fingerprint density at radius 2 is 1.86 bits per heavy atom. The summed E-state index contributed by atoms with van der Waals surface area (Å²) >= 11 is 1.55. The molecule has 1 saturated heterocycles. The van der Waals surface area contributed by atoms with Gasteiger partial charge < -0.3 is 5.32 Å². The maximum Gasteiger partial charge on any atom is 0.246 e. The third kappa shape index (κ3) is 5.99. The number of carbonyl (C=O) groups excluding carboxylic acids is 2. The summed E-state index contributed by atoms with van der Waals surface area (Å²) in [4.78, 5) is 36.4. The van der Waals surface area contributed by atoms with Crippen LogP contribution in [0.2, 0.25) is 0 Å². The van der Waals surface area contributed by atoms with Crippen LogP contribution in [0.25, 0.3) is 0 Å². The maximum absolute atomic E-state index is 13.5. The highest BCUT2D eigenvalue weighted by Gasteiger charge is 2.34. The summed E-state index contributed by atoms with van der Waals surface area (Å²) in [5.74, 6) is 0.239. The molecule has 29 heavy (non-hydrogen) atoms. The minimum absolute atomic E-state index is 0.0739. The van der Waals surface area contributed by atoms with Crippen LogP contribution in [-0.4, -0.2) is 77.4 Å². The molecule has 1 N–H and O–H groups in total. The molecule has 0 radical (unpaired) electrons. The molecule has 0 spiro atoms. The van der Waals surface area contributed by atoms with E-state index in [0.717, 1.165) is 44.2 Å². The fraction of sp³-hybridized carbons (Fsp3) is 0.762. The third-order valence-electron chi connectivity index (χ3n) is 5.93. The van der Waals surface area contributed by atoms with Gasteiger partial charge in [0.05, 0.1) is 12.6 Å². The number of hydrogen-bond donors (Lipinski definition) is 1. The van der Waals surface area contributed by atoms with Gasteiger partial charge >= 0.3 is 0 Å². The first-order chi connectivity index (χ1) is 14.0. The van der Waals surface area contributed by atoms with E-state index in [-0.39, 0.29) is 29.9 Å². The van der Waals surface area contributed by atoms with Crippen molar-refractivity contribution in [1.82, 2.24) is 20.1 Å². The Morgan fingerprint density at radius 1 is 1.17 bits per heavy atom. The van der Waals surface area contributed by atoms with Crippen molar-refractivity contribution >= 4 is 28.3 Å². The topological polar surface area (TPSA) is 68.8 Å². The average molecular weight is 422 g/mol. The van der Waals surface area contributed by atoms with E-state index in [9.17, 15) is 9.59 Å². The van der Waals surface area contributed by atoms with Crippen LogP contribution in [0.4, 0.5) is 5.13 Å². The number of carbonyl (C=O) groups is 2. The average Bonchev–Trinajstić information content (AvgIpc) is 3.22. The number of rotatable bonds is 7. The summed E-state index contributed by atoms with van der Waals surface area (Å²) in [6.45, 7) is 9.63. The van der Waals surface area contributed by atoms with Gasteiger partial charge in [-0.1, -0.05) is 19.3 Å². The van der Waals surface area contributed by atoms with Crippen molar-refractivity contribution in [1.29, 1.82) is 0 Å². The van der Waals surface area contributed by atoms with Crippen LogP contribution in [0.1, 0.15) is 52.9 Å². The molecule has 1 aromatic rings. The van der Waals surface area contributed by atoms with Crippen LogP contribution in [0.5, 0.6) is 0 Å². The van der Waals surface area contributed by atoms with Gasteiger partial charge in [0.1, 0.15) is 0 Å². The molecular weight excluding hydrogens is 386 g/mol. The first-order valence-corrected chi connectivity index (χ1v) is 11.8. The minimum Gasteiger partial charge on any atom is -0.353 e. The Hall–Kier alpha value is -1.51. The maximum atomic E-state index is 13.5. The number of hydrogen-bond acceptors (Lipinski definition) is 6. The van der Waals surface area contributed by atoms with Crippen molar-refractivity contribution < 1.29 is 9.59 Å². The van der Waals surface area contributed by atoms with E-state index < -0.39 is 0 Å². The first kappa shape index (κ1) is 22.2. The van der Waals surface area contributed by atoms with Crippen molar-refractivity contribution in [3.63, 3.8) is 0 Å². The molecule has 8 heteroatoms. The van der Waals surface area contributed by atoms with Gasteiger partial charge in [-0.05, 0) is 33.6 Å². The first-order valence-electron chi connectivity index (χ1n) is 10.9. The molecule has 0 bridgehead atoms. The number of nitrogens with one attached hydrogen (secondary N) is 1. The molecule has 0 aromatic carbocycles. The zero-order valence-corrected chi connectivity index (χ0v) is 18.8. The Balaban J connectivity index is 1.58. The molecule has 1 unspecified atom stereocenters. The smallest absolute Gasteiger partial charge is 0.246 e. The predicted octanol–water partition coefficient (Wildman–Crippen LogP) is 2.34. The zero-order valence-electron chi connectivity index (χ0n) is 18.0. The zero-order chi connectivity index (χ0) is 20.8. The van der Waals surface area contributed by atoms with E-state index >= 15 is 0 Å². The van der Waals surface area contributed by atoms with Crippen molar-refractivity contribution in [3.05, 3.63) is 11.6 Å². The summed E-state index contributed by atoms with van der Waals surface area (Å²) in [6, 6.07) is 0.261. The van der Waals surface area contributed by atoms with E-state index in [1.165, 1.54) is 19.3 Å². The largest absolute Gasteiger partial charge is 0.353 e. The van der Waals surface area contributed by atoms with E-state index in [2.05, 4.69) is 20.1 Å². The number of thiazole rings is 1. The lowest BCUT2D eigenvalue weighted by Crippen LogP contribution is -2.57. The second kappa shape index (κ2) is 10.5. The van der Waals surface area contributed by atoms with E-state index in [1.54, 1.807) is 17.5 Å². The molecule has 162 valence electrons. The van der Waals surface area contributed by atoms with Gasteiger partial charge in [-0.25, -0.2) is 4.98 Å². The molecule has 1 saturated carbocycles. The fourth-order valence-corrected chi connectivity index (χ4v) is 5.06. The van der Waals surface area contributed by atoms with Crippen molar-refractivity contribution in [3.8, 4) is 0 Å². The molecule has 1 atom stereocenters. The van der Waals surface area contributed by atoms with Gasteiger partial charge in [0, 0.05) is 49.8 Å². The van der Waals surface area contributed by atoms with Gasteiger partial charge in [-0.2, -0.15) is 0 Å². The molecule has 2 aliphatic rings. The van der Waals surface area contributed by atoms with Gasteiger partial charge in [0.2, 0.25) is 11.8 Å². The normalized spacial score (nSPS) is 20.6. The second-order valence-electron chi connectivity index (χ2n) is 8.53. The number of amides is 2. The van der Waals surface area contributed by atoms with Crippen LogP contribution in [0.3, 0.4) is 0 Å². The lowest BCUT2D eigenvalue weighted by atomic mass is 9.94. The second-order valence-corrected chi connectivity index (χ2v) is 9.40. The molecular formula is C21H35N5O2S. The van der Waals surface area contributed by atoms with Crippen LogP contribution in [0.15, 0.2) is 11.6 Å². The lowest BCUT2D eigenvalue weighted by molar-refractivity contribution is -0.126. The number of aromatic nitrogens is 1. The molecule has 3 rings (SSSR count). The monoisotopic (exact) mass is 421 g/mol. The van der Waals surface area contributed by atoms with E-state index in [1.807, 2.05) is 31.1 Å². The van der Waals surface area contributed by atoms with Crippen LogP contribution in [-0.2, 0) is 9.59 Å². The van der Waals surface area contributed by atoms with Crippen LogP contribution < -0.4 is 10.2 Å². The van der Waals surface area contributed by atoms with Crippen LogP contribution >= 0.6 is 11.3 Å². The summed E-state index contributed by atoms with van der Waals surface area (Å²) in [5.41, 5.74) is 0.